The number of nitrogens with one attached hydrogen (secondary N) is 2. The largest absolute Gasteiger partial charge is 0.368 e. The molecule has 0 atom stereocenters. The lowest BCUT2D eigenvalue weighted by atomic mass is 10.1. The van der Waals surface area contributed by atoms with Crippen molar-refractivity contribution in [3.8, 4) is 0 Å². The summed E-state index contributed by atoms with van der Waals surface area (Å²) in [5.41, 5.74) is 4.44. The van der Waals surface area contributed by atoms with E-state index in [0.29, 0.717) is 0 Å². The lowest BCUT2D eigenvalue weighted by Gasteiger charge is -2.06. The van der Waals surface area contributed by atoms with Gasteiger partial charge in [-0.25, -0.2) is 9.50 Å². The van der Waals surface area contributed by atoms with Crippen molar-refractivity contribution in [2.45, 2.75) is 26.7 Å². The van der Waals surface area contributed by atoms with Crippen molar-refractivity contribution in [1.29, 1.82) is 0 Å². The molecule has 0 aromatic carbocycles. The molecule has 3 aromatic heterocycles. The molecule has 20 heavy (non-hydrogen) atoms. The van der Waals surface area contributed by atoms with Gasteiger partial charge >= 0.3 is 0 Å². The molecule has 0 aliphatic carbocycles. The van der Waals surface area contributed by atoms with E-state index in [1.165, 1.54) is 5.56 Å². The van der Waals surface area contributed by atoms with E-state index in [1.54, 1.807) is 6.20 Å². The van der Waals surface area contributed by atoms with Crippen LogP contribution in [0.15, 0.2) is 24.7 Å². The van der Waals surface area contributed by atoms with Crippen LogP contribution in [0.25, 0.3) is 5.52 Å². The number of hydrogen-bond donors (Lipinski definition) is 2. The lowest BCUT2D eigenvalue weighted by molar-refractivity contribution is 0.850. The Kier molecular flexibility index (Phi) is 3.37. The highest BCUT2D eigenvalue weighted by Crippen LogP contribution is 2.14. The normalized spacial score (nSPS) is 11.1. The Bertz CT molecular complexity index is 711. The Balaban J connectivity index is 1.61. The molecule has 3 aromatic rings. The average molecular weight is 270 g/mol. The van der Waals surface area contributed by atoms with Crippen LogP contribution in [0.2, 0.25) is 0 Å². The van der Waals surface area contributed by atoms with Crippen molar-refractivity contribution in [1.82, 2.24) is 24.8 Å². The molecule has 2 N–H and O–H groups in total. The fraction of sp³-hybridized carbons (Fsp3) is 0.357. The Morgan fingerprint density at radius 3 is 3.05 bits per heavy atom. The smallest absolute Gasteiger partial charge is 0.152 e. The van der Waals surface area contributed by atoms with Gasteiger partial charge in [0.05, 0.1) is 11.9 Å². The van der Waals surface area contributed by atoms with Crippen LogP contribution in [0.1, 0.15) is 23.4 Å². The van der Waals surface area contributed by atoms with Gasteiger partial charge in [-0.05, 0) is 38.3 Å². The van der Waals surface area contributed by atoms with E-state index in [1.807, 2.05) is 36.8 Å². The third kappa shape index (κ3) is 2.49. The summed E-state index contributed by atoms with van der Waals surface area (Å²) in [6.45, 7) is 4.91. The zero-order valence-corrected chi connectivity index (χ0v) is 11.7. The molecule has 0 radical (unpaired) electrons. The molecular formula is C14H18N6. The van der Waals surface area contributed by atoms with Crippen LogP contribution in [-0.2, 0) is 6.42 Å². The summed E-state index contributed by atoms with van der Waals surface area (Å²) in [6.07, 6.45) is 7.58. The number of hydrogen-bond acceptors (Lipinski definition) is 4. The van der Waals surface area contributed by atoms with Crippen molar-refractivity contribution >= 4 is 11.3 Å². The van der Waals surface area contributed by atoms with Gasteiger partial charge in [0.15, 0.2) is 5.82 Å². The van der Waals surface area contributed by atoms with E-state index in [2.05, 4.69) is 25.6 Å². The molecule has 3 rings (SSSR count). The van der Waals surface area contributed by atoms with E-state index in [-0.39, 0.29) is 0 Å². The molecule has 0 saturated heterocycles. The maximum Gasteiger partial charge on any atom is 0.152 e. The highest BCUT2D eigenvalue weighted by atomic mass is 15.2. The second kappa shape index (κ2) is 5.32. The predicted molar refractivity (Wildman–Crippen MR) is 77.9 cm³/mol. The van der Waals surface area contributed by atoms with Crippen molar-refractivity contribution in [2.75, 3.05) is 11.9 Å². The van der Waals surface area contributed by atoms with Gasteiger partial charge in [0.2, 0.25) is 0 Å². The zero-order valence-electron chi connectivity index (χ0n) is 11.7. The minimum atomic E-state index is 0.877. The van der Waals surface area contributed by atoms with Crippen LogP contribution in [0, 0.1) is 13.8 Å². The topological polar surface area (TPSA) is 70.9 Å². The second-order valence-electron chi connectivity index (χ2n) is 4.94. The maximum atomic E-state index is 4.38. The minimum absolute atomic E-state index is 0.877. The highest BCUT2D eigenvalue weighted by Gasteiger charge is 2.05. The first-order valence-electron chi connectivity index (χ1n) is 6.78. The molecule has 0 amide bonds. The first-order valence-corrected chi connectivity index (χ1v) is 6.78. The summed E-state index contributed by atoms with van der Waals surface area (Å²) >= 11 is 0. The lowest BCUT2D eigenvalue weighted by Crippen LogP contribution is -2.06. The second-order valence-corrected chi connectivity index (χ2v) is 4.94. The van der Waals surface area contributed by atoms with Gasteiger partial charge < -0.3 is 5.32 Å². The van der Waals surface area contributed by atoms with E-state index in [9.17, 15) is 0 Å². The Morgan fingerprint density at radius 1 is 1.35 bits per heavy atom. The number of anilines is 1. The monoisotopic (exact) mass is 270 g/mol. The molecular weight excluding hydrogens is 252 g/mol. The highest BCUT2D eigenvalue weighted by molar-refractivity contribution is 5.67. The summed E-state index contributed by atoms with van der Waals surface area (Å²) in [7, 11) is 0. The van der Waals surface area contributed by atoms with Gasteiger partial charge in [-0.2, -0.15) is 10.2 Å². The average Bonchev–Trinajstić information content (AvgIpc) is 3.00. The molecule has 0 aliphatic rings. The van der Waals surface area contributed by atoms with Gasteiger partial charge in [-0.1, -0.05) is 0 Å². The molecule has 6 heteroatoms. The maximum absolute atomic E-state index is 4.38. The summed E-state index contributed by atoms with van der Waals surface area (Å²) in [5, 5.41) is 14.8. The van der Waals surface area contributed by atoms with Gasteiger partial charge in [-0.15, -0.1) is 0 Å². The van der Waals surface area contributed by atoms with Gasteiger partial charge in [0.25, 0.3) is 0 Å². The fourth-order valence-electron chi connectivity index (χ4n) is 2.29. The van der Waals surface area contributed by atoms with Gasteiger partial charge in [0, 0.05) is 24.6 Å². The standard InChI is InChI=1S/C14H18N6/c1-10-8-13-14(16-6-7-20(13)19-10)15-5-3-4-12-9-17-18-11(12)2/h6-9H,3-5H2,1-2H3,(H,15,16)(H,17,18). The number of nitrogens with zero attached hydrogens (tertiary/aromatic N) is 4. The molecule has 0 bridgehead atoms. The number of aryl methyl sites for hydroxylation is 3. The number of aromatic nitrogens is 5. The van der Waals surface area contributed by atoms with E-state index in [4.69, 9.17) is 0 Å². The molecule has 0 saturated carbocycles. The van der Waals surface area contributed by atoms with E-state index >= 15 is 0 Å². The molecule has 0 unspecified atom stereocenters. The Morgan fingerprint density at radius 2 is 2.25 bits per heavy atom. The van der Waals surface area contributed by atoms with Crippen molar-refractivity contribution in [2.24, 2.45) is 0 Å². The zero-order chi connectivity index (χ0) is 13.9. The van der Waals surface area contributed by atoms with Crippen LogP contribution < -0.4 is 5.32 Å². The van der Waals surface area contributed by atoms with Crippen LogP contribution in [0.3, 0.4) is 0 Å². The fourth-order valence-corrected chi connectivity index (χ4v) is 2.29. The summed E-state index contributed by atoms with van der Waals surface area (Å²) in [6, 6.07) is 2.04. The van der Waals surface area contributed by atoms with Crippen LogP contribution in [-0.4, -0.2) is 31.3 Å². The van der Waals surface area contributed by atoms with Crippen LogP contribution in [0.5, 0.6) is 0 Å². The third-order valence-corrected chi connectivity index (χ3v) is 3.36. The third-order valence-electron chi connectivity index (χ3n) is 3.36. The summed E-state index contributed by atoms with van der Waals surface area (Å²) in [4.78, 5) is 4.38. The Labute approximate surface area is 117 Å². The molecule has 0 fully saturated rings. The van der Waals surface area contributed by atoms with Crippen molar-refractivity contribution in [3.63, 3.8) is 0 Å². The number of rotatable bonds is 5. The molecule has 0 aliphatic heterocycles. The molecule has 3 heterocycles. The quantitative estimate of drug-likeness (QED) is 0.697. The van der Waals surface area contributed by atoms with Crippen LogP contribution >= 0.6 is 0 Å². The molecule has 0 spiro atoms. The first-order chi connectivity index (χ1) is 9.74. The minimum Gasteiger partial charge on any atom is -0.368 e. The van der Waals surface area contributed by atoms with E-state index < -0.39 is 0 Å². The van der Waals surface area contributed by atoms with Gasteiger partial charge in [0.1, 0.15) is 5.52 Å². The molecule has 6 nitrogen and oxygen atoms in total. The van der Waals surface area contributed by atoms with Crippen LogP contribution in [0.4, 0.5) is 5.82 Å². The predicted octanol–water partition coefficient (Wildman–Crippen LogP) is 2.11. The first kappa shape index (κ1) is 12.7. The van der Waals surface area contributed by atoms with Gasteiger partial charge in [-0.3, -0.25) is 5.10 Å². The summed E-state index contributed by atoms with van der Waals surface area (Å²) in [5.74, 6) is 0.886. The number of H-pyrrole nitrogens is 1. The Hall–Kier alpha value is -2.37. The summed E-state index contributed by atoms with van der Waals surface area (Å²) < 4.78 is 1.85. The number of aromatic amines is 1. The number of fused-ring (bicyclic) bond motifs is 1. The van der Waals surface area contributed by atoms with E-state index in [0.717, 1.165) is 42.1 Å². The SMILES string of the molecule is Cc1cc2c(NCCCc3cn[nH]c3C)nccn2n1. The van der Waals surface area contributed by atoms with Crippen molar-refractivity contribution < 1.29 is 0 Å². The molecule has 104 valence electrons. The van der Waals surface area contributed by atoms with Crippen molar-refractivity contribution in [3.05, 3.63) is 41.6 Å².